The first-order valence-corrected chi connectivity index (χ1v) is 8.40. The number of ether oxygens (including phenoxy) is 1. The van der Waals surface area contributed by atoms with Gasteiger partial charge in [-0.15, -0.1) is 0 Å². The zero-order chi connectivity index (χ0) is 15.4. The van der Waals surface area contributed by atoms with E-state index in [2.05, 4.69) is 30.3 Å². The van der Waals surface area contributed by atoms with E-state index < -0.39 is 5.54 Å². The molecule has 0 saturated carbocycles. The Morgan fingerprint density at radius 1 is 1.14 bits per heavy atom. The van der Waals surface area contributed by atoms with Crippen molar-refractivity contribution in [2.75, 3.05) is 26.3 Å². The average molecular weight is 302 g/mol. The molecule has 22 heavy (non-hydrogen) atoms. The predicted molar refractivity (Wildman–Crippen MR) is 86.6 cm³/mol. The van der Waals surface area contributed by atoms with Gasteiger partial charge in [0.2, 0.25) is 5.91 Å². The molecule has 0 radical (unpaired) electrons. The first-order chi connectivity index (χ1) is 10.7. The van der Waals surface area contributed by atoms with Gasteiger partial charge in [0.25, 0.3) is 0 Å². The molecule has 2 saturated heterocycles. The smallest absolute Gasteiger partial charge is 0.242 e. The van der Waals surface area contributed by atoms with Crippen molar-refractivity contribution in [3.63, 3.8) is 0 Å². The fraction of sp³-hybridized carbons (Fsp3) is 0.611. The van der Waals surface area contributed by atoms with E-state index in [-0.39, 0.29) is 5.91 Å². The van der Waals surface area contributed by atoms with Crippen molar-refractivity contribution in [2.45, 2.75) is 43.6 Å². The van der Waals surface area contributed by atoms with Gasteiger partial charge in [0.15, 0.2) is 0 Å². The maximum atomic E-state index is 12.8. The van der Waals surface area contributed by atoms with Crippen LogP contribution < -0.4 is 5.73 Å². The highest BCUT2D eigenvalue weighted by atomic mass is 16.5. The van der Waals surface area contributed by atoms with Crippen molar-refractivity contribution in [2.24, 2.45) is 5.73 Å². The second kappa shape index (κ2) is 6.80. The van der Waals surface area contributed by atoms with E-state index in [1.165, 1.54) is 5.56 Å². The van der Waals surface area contributed by atoms with Gasteiger partial charge < -0.3 is 15.4 Å². The van der Waals surface area contributed by atoms with Crippen LogP contribution in [0.4, 0.5) is 0 Å². The Hall–Kier alpha value is -1.39. The monoisotopic (exact) mass is 302 g/mol. The molecule has 0 aliphatic carbocycles. The minimum atomic E-state index is -0.704. The van der Waals surface area contributed by atoms with Crippen LogP contribution in [0.1, 0.15) is 43.6 Å². The van der Waals surface area contributed by atoms with Crippen LogP contribution >= 0.6 is 0 Å². The molecule has 2 fully saturated rings. The fourth-order valence-corrected chi connectivity index (χ4v) is 3.62. The first-order valence-electron chi connectivity index (χ1n) is 8.40. The third kappa shape index (κ3) is 3.33. The summed E-state index contributed by atoms with van der Waals surface area (Å²) < 4.78 is 5.35. The number of carbonyl (C=O) groups excluding carboxylic acids is 1. The van der Waals surface area contributed by atoms with E-state index >= 15 is 0 Å². The number of hydrogen-bond donors (Lipinski definition) is 1. The number of amides is 1. The van der Waals surface area contributed by atoms with Crippen LogP contribution in [-0.4, -0.2) is 42.6 Å². The topological polar surface area (TPSA) is 55.6 Å². The Morgan fingerprint density at radius 3 is 2.59 bits per heavy atom. The number of rotatable bonds is 2. The highest BCUT2D eigenvalue weighted by molar-refractivity contribution is 5.86. The molecule has 120 valence electrons. The molecule has 1 unspecified atom stereocenters. The van der Waals surface area contributed by atoms with Crippen molar-refractivity contribution < 1.29 is 9.53 Å². The molecule has 0 aromatic heterocycles. The third-order valence-electron chi connectivity index (χ3n) is 5.10. The Labute approximate surface area is 132 Å². The molecule has 0 spiro atoms. The summed E-state index contributed by atoms with van der Waals surface area (Å²) in [5, 5.41) is 0. The number of nitrogens with zero attached hydrogens (tertiary/aromatic N) is 1. The van der Waals surface area contributed by atoms with Crippen LogP contribution in [0.2, 0.25) is 0 Å². The summed E-state index contributed by atoms with van der Waals surface area (Å²) in [7, 11) is 0. The molecule has 4 nitrogen and oxygen atoms in total. The number of likely N-dealkylation sites (tertiary alicyclic amines) is 1. The Balaban J connectivity index is 1.64. The Bertz CT molecular complexity index is 497. The Kier molecular flexibility index (Phi) is 4.79. The maximum absolute atomic E-state index is 12.8. The summed E-state index contributed by atoms with van der Waals surface area (Å²) in [5.74, 6) is 0.687. The maximum Gasteiger partial charge on any atom is 0.242 e. The van der Waals surface area contributed by atoms with Crippen molar-refractivity contribution in [1.82, 2.24) is 4.90 Å². The predicted octanol–water partition coefficient (Wildman–Crippen LogP) is 2.29. The lowest BCUT2D eigenvalue weighted by molar-refractivity contribution is -0.140. The van der Waals surface area contributed by atoms with E-state index in [1.54, 1.807) is 0 Å². The number of nitrogens with two attached hydrogens (primary N) is 1. The molecule has 3 rings (SSSR count). The molecule has 2 N–H and O–H groups in total. The largest absolute Gasteiger partial charge is 0.381 e. The van der Waals surface area contributed by atoms with E-state index in [0.29, 0.717) is 32.0 Å². The molecular weight excluding hydrogens is 276 g/mol. The lowest BCUT2D eigenvalue weighted by Gasteiger charge is -2.36. The molecule has 1 aromatic rings. The van der Waals surface area contributed by atoms with Crippen molar-refractivity contribution in [3.8, 4) is 0 Å². The molecule has 2 aliphatic heterocycles. The molecule has 1 amide bonds. The minimum absolute atomic E-state index is 0.129. The van der Waals surface area contributed by atoms with Gasteiger partial charge in [-0.2, -0.15) is 0 Å². The number of benzene rings is 1. The number of hydrogen-bond acceptors (Lipinski definition) is 3. The second-order valence-electron chi connectivity index (χ2n) is 6.60. The molecule has 4 heteroatoms. The van der Waals surface area contributed by atoms with E-state index in [9.17, 15) is 4.79 Å². The molecule has 2 heterocycles. The van der Waals surface area contributed by atoms with E-state index in [1.807, 2.05) is 4.90 Å². The van der Waals surface area contributed by atoms with Gasteiger partial charge in [-0.3, -0.25) is 4.79 Å². The first kappa shape index (κ1) is 15.5. The van der Waals surface area contributed by atoms with Crippen LogP contribution in [0.3, 0.4) is 0 Å². The zero-order valence-electron chi connectivity index (χ0n) is 13.2. The normalized spacial score (nSPS) is 25.5. The minimum Gasteiger partial charge on any atom is -0.381 e. The molecule has 2 aliphatic rings. The fourth-order valence-electron chi connectivity index (χ4n) is 3.62. The Morgan fingerprint density at radius 2 is 1.86 bits per heavy atom. The number of carbonyl (C=O) groups is 1. The molecule has 0 bridgehead atoms. The van der Waals surface area contributed by atoms with Crippen LogP contribution in [0.5, 0.6) is 0 Å². The molecule has 1 aromatic carbocycles. The van der Waals surface area contributed by atoms with Crippen molar-refractivity contribution in [3.05, 3.63) is 35.9 Å². The van der Waals surface area contributed by atoms with Gasteiger partial charge in [0.05, 0.1) is 5.54 Å². The third-order valence-corrected chi connectivity index (χ3v) is 5.10. The molecule has 1 atom stereocenters. The quantitative estimate of drug-likeness (QED) is 0.912. The standard InChI is InChI=1S/C18H26N2O2/c19-18(9-13-22-14-10-18)17(21)20-11-4-7-16(8-12-20)15-5-2-1-3-6-15/h1-3,5-6,16H,4,7-14,19H2. The van der Waals surface area contributed by atoms with Crippen LogP contribution in [0.25, 0.3) is 0 Å². The van der Waals surface area contributed by atoms with Gasteiger partial charge in [0, 0.05) is 26.3 Å². The van der Waals surface area contributed by atoms with E-state index in [4.69, 9.17) is 10.5 Å². The summed E-state index contributed by atoms with van der Waals surface area (Å²) in [4.78, 5) is 14.8. The highest BCUT2D eigenvalue weighted by Crippen LogP contribution is 2.29. The van der Waals surface area contributed by atoms with Crippen LogP contribution in [-0.2, 0) is 9.53 Å². The molecular formula is C18H26N2O2. The summed E-state index contributed by atoms with van der Waals surface area (Å²) in [6.45, 7) is 2.85. The van der Waals surface area contributed by atoms with Gasteiger partial charge in [0.1, 0.15) is 0 Å². The summed E-state index contributed by atoms with van der Waals surface area (Å²) in [6.07, 6.45) is 4.52. The van der Waals surface area contributed by atoms with Crippen LogP contribution in [0, 0.1) is 0 Å². The van der Waals surface area contributed by atoms with Crippen molar-refractivity contribution in [1.29, 1.82) is 0 Å². The summed E-state index contributed by atoms with van der Waals surface area (Å²) >= 11 is 0. The van der Waals surface area contributed by atoms with E-state index in [0.717, 1.165) is 32.4 Å². The highest BCUT2D eigenvalue weighted by Gasteiger charge is 2.39. The zero-order valence-corrected chi connectivity index (χ0v) is 13.2. The average Bonchev–Trinajstić information content (AvgIpc) is 2.82. The lowest BCUT2D eigenvalue weighted by Crippen LogP contribution is -2.58. The second-order valence-corrected chi connectivity index (χ2v) is 6.60. The summed E-state index contributed by atoms with van der Waals surface area (Å²) in [5.41, 5.74) is 7.05. The van der Waals surface area contributed by atoms with Gasteiger partial charge in [-0.25, -0.2) is 0 Å². The lowest BCUT2D eigenvalue weighted by atomic mass is 9.89. The SMILES string of the molecule is NC1(C(=O)N2CCCC(c3ccccc3)CC2)CCOCC1. The van der Waals surface area contributed by atoms with Gasteiger partial charge in [-0.1, -0.05) is 30.3 Å². The van der Waals surface area contributed by atoms with Crippen LogP contribution in [0.15, 0.2) is 30.3 Å². The van der Waals surface area contributed by atoms with Gasteiger partial charge >= 0.3 is 0 Å². The van der Waals surface area contributed by atoms with Crippen molar-refractivity contribution >= 4 is 5.91 Å². The summed E-state index contributed by atoms with van der Waals surface area (Å²) in [6, 6.07) is 10.6. The van der Waals surface area contributed by atoms with Gasteiger partial charge in [-0.05, 0) is 43.6 Å².